The van der Waals surface area contributed by atoms with Crippen molar-refractivity contribution in [2.75, 3.05) is 0 Å². The molecule has 0 saturated heterocycles. The minimum absolute atomic E-state index is 0.598. The van der Waals surface area contributed by atoms with Crippen LogP contribution in [0.25, 0.3) is 11.3 Å². The molecule has 194 valence electrons. The van der Waals surface area contributed by atoms with E-state index in [0.29, 0.717) is 33.2 Å². The van der Waals surface area contributed by atoms with Gasteiger partial charge in [-0.1, -0.05) is 107 Å². The summed E-state index contributed by atoms with van der Waals surface area (Å²) < 4.78 is 0. The van der Waals surface area contributed by atoms with E-state index in [4.69, 9.17) is 4.98 Å². The first-order valence-corrected chi connectivity index (χ1v) is 18.4. The molecule has 2 aromatic rings. The average Bonchev–Trinajstić information content (AvgIpc) is 2.79. The maximum absolute atomic E-state index is 4.76. The fraction of sp³-hybridized carbons (Fsp3) is 0.545. The van der Waals surface area contributed by atoms with E-state index in [1.807, 2.05) is 12.3 Å². The molecule has 0 amide bonds. The highest BCUT2D eigenvalue weighted by Crippen LogP contribution is 2.42. The first kappa shape index (κ1) is 30.1. The van der Waals surface area contributed by atoms with Crippen molar-refractivity contribution in [3.8, 4) is 34.2 Å². The predicted octanol–water partition coefficient (Wildman–Crippen LogP) is 9.89. The van der Waals surface area contributed by atoms with Crippen LogP contribution in [0, 0.1) is 22.9 Å². The van der Waals surface area contributed by atoms with Crippen molar-refractivity contribution in [2.45, 2.75) is 116 Å². The van der Waals surface area contributed by atoms with E-state index in [9.17, 15) is 0 Å². The molecule has 0 unspecified atom stereocenters. The molecule has 0 aliphatic rings. The van der Waals surface area contributed by atoms with Crippen LogP contribution in [-0.2, 0) is 0 Å². The van der Waals surface area contributed by atoms with Gasteiger partial charge in [0.1, 0.15) is 16.1 Å². The molecule has 0 radical (unpaired) electrons. The second kappa shape index (κ2) is 12.4. The van der Waals surface area contributed by atoms with Gasteiger partial charge in [0.2, 0.25) is 0 Å². The molecule has 1 aromatic carbocycles. The van der Waals surface area contributed by atoms with Crippen molar-refractivity contribution < 1.29 is 0 Å². The first-order valence-electron chi connectivity index (χ1n) is 13.9. The Hall–Kier alpha value is -2.08. The molecule has 2 rings (SSSR count). The van der Waals surface area contributed by atoms with Gasteiger partial charge in [0, 0.05) is 22.9 Å². The summed E-state index contributed by atoms with van der Waals surface area (Å²) in [5, 5.41) is 0. The van der Waals surface area contributed by atoms with E-state index in [-0.39, 0.29) is 0 Å². The summed E-state index contributed by atoms with van der Waals surface area (Å²) in [7, 11) is -3.71. The second-order valence-corrected chi connectivity index (χ2v) is 23.4. The number of aromatic nitrogens is 1. The lowest BCUT2D eigenvalue weighted by Crippen LogP contribution is -2.43. The van der Waals surface area contributed by atoms with Crippen molar-refractivity contribution in [1.29, 1.82) is 0 Å². The van der Waals surface area contributed by atoms with Crippen LogP contribution in [0.4, 0.5) is 0 Å². The minimum Gasteiger partial charge on any atom is -0.256 e. The smallest absolute Gasteiger partial charge is 0.146 e. The van der Waals surface area contributed by atoms with Gasteiger partial charge in [-0.25, -0.2) is 0 Å². The van der Waals surface area contributed by atoms with Gasteiger partial charge in [0.25, 0.3) is 0 Å². The number of hydrogen-bond donors (Lipinski definition) is 0. The maximum Gasteiger partial charge on any atom is 0.146 e. The molecule has 0 aliphatic heterocycles. The van der Waals surface area contributed by atoms with Crippen molar-refractivity contribution in [3.63, 3.8) is 0 Å². The molecule has 1 heterocycles. The number of pyridine rings is 1. The van der Waals surface area contributed by atoms with Crippen LogP contribution in [0.5, 0.6) is 0 Å². The molecular formula is C33H49NSi2. The number of nitrogens with zero attached hydrogens (tertiary/aromatic N) is 1. The Morgan fingerprint density at radius 2 is 0.917 bits per heavy atom. The Kier molecular flexibility index (Phi) is 10.4. The SMILES string of the molecule is CC(C)[Si](C#Cc1cccc(C#C[Si](C(C)C)(C(C)C)C(C)C)c1-c1ccccn1)(C(C)C)C(C)C. The minimum atomic E-state index is -1.86. The van der Waals surface area contributed by atoms with Crippen molar-refractivity contribution >= 4 is 16.1 Å². The van der Waals surface area contributed by atoms with Crippen LogP contribution in [0.2, 0.25) is 33.2 Å². The summed E-state index contributed by atoms with van der Waals surface area (Å²) in [6, 6.07) is 12.6. The van der Waals surface area contributed by atoms with Crippen molar-refractivity contribution in [1.82, 2.24) is 4.98 Å². The Balaban J connectivity index is 2.86. The first-order chi connectivity index (χ1) is 16.8. The Morgan fingerprint density at radius 3 is 1.22 bits per heavy atom. The molecule has 0 atom stereocenters. The van der Waals surface area contributed by atoms with E-state index in [1.165, 1.54) is 0 Å². The number of rotatable bonds is 7. The van der Waals surface area contributed by atoms with E-state index >= 15 is 0 Å². The van der Waals surface area contributed by atoms with Gasteiger partial charge in [0.05, 0.1) is 5.69 Å². The van der Waals surface area contributed by atoms with Crippen LogP contribution >= 0.6 is 0 Å². The highest BCUT2D eigenvalue weighted by molar-refractivity contribution is 6.91. The molecule has 36 heavy (non-hydrogen) atoms. The molecule has 0 fully saturated rings. The summed E-state index contributed by atoms with van der Waals surface area (Å²) in [5.41, 5.74) is 15.6. The molecule has 0 aliphatic carbocycles. The second-order valence-electron chi connectivity index (χ2n) is 12.2. The van der Waals surface area contributed by atoms with Gasteiger partial charge in [-0.3, -0.25) is 4.98 Å². The van der Waals surface area contributed by atoms with Crippen LogP contribution in [0.15, 0.2) is 42.6 Å². The monoisotopic (exact) mass is 515 g/mol. The third kappa shape index (κ3) is 5.90. The fourth-order valence-electron chi connectivity index (χ4n) is 6.76. The van der Waals surface area contributed by atoms with E-state index in [1.54, 1.807) is 0 Å². The summed E-state index contributed by atoms with van der Waals surface area (Å²) >= 11 is 0. The fourth-order valence-corrected chi connectivity index (χ4v) is 17.2. The molecule has 1 aromatic heterocycles. The van der Waals surface area contributed by atoms with Crippen LogP contribution in [0.1, 0.15) is 94.2 Å². The topological polar surface area (TPSA) is 12.9 Å². The molecule has 0 spiro atoms. The zero-order valence-corrected chi connectivity index (χ0v) is 27.0. The quantitative estimate of drug-likeness (QED) is 0.264. The Labute approximate surface area is 224 Å². The summed E-state index contributed by atoms with van der Waals surface area (Å²) in [6.07, 6.45) is 1.88. The molecule has 0 N–H and O–H groups in total. The lowest BCUT2D eigenvalue weighted by Gasteiger charge is -2.38. The van der Waals surface area contributed by atoms with E-state index in [0.717, 1.165) is 22.4 Å². The molecular weight excluding hydrogens is 467 g/mol. The maximum atomic E-state index is 4.76. The van der Waals surface area contributed by atoms with Crippen molar-refractivity contribution in [2.24, 2.45) is 0 Å². The van der Waals surface area contributed by atoms with E-state index < -0.39 is 16.1 Å². The van der Waals surface area contributed by atoms with Gasteiger partial charge in [0.15, 0.2) is 0 Å². The van der Waals surface area contributed by atoms with Gasteiger partial charge in [-0.15, -0.1) is 11.1 Å². The van der Waals surface area contributed by atoms with Crippen LogP contribution in [-0.4, -0.2) is 21.1 Å². The number of benzene rings is 1. The highest BCUT2D eigenvalue weighted by atomic mass is 28.3. The summed E-state index contributed by atoms with van der Waals surface area (Å²) in [5.74, 6) is 7.44. The van der Waals surface area contributed by atoms with Gasteiger partial charge >= 0.3 is 0 Å². The normalized spacial score (nSPS) is 12.4. The average molecular weight is 516 g/mol. The lowest BCUT2D eigenvalue weighted by atomic mass is 9.98. The molecule has 1 nitrogen and oxygen atoms in total. The van der Waals surface area contributed by atoms with Crippen molar-refractivity contribution in [3.05, 3.63) is 53.7 Å². The highest BCUT2D eigenvalue weighted by Gasteiger charge is 2.42. The summed E-state index contributed by atoms with van der Waals surface area (Å²) in [6.45, 7) is 28.5. The lowest BCUT2D eigenvalue weighted by molar-refractivity contribution is 0.838. The summed E-state index contributed by atoms with van der Waals surface area (Å²) in [4.78, 5) is 4.76. The predicted molar refractivity (Wildman–Crippen MR) is 166 cm³/mol. The largest absolute Gasteiger partial charge is 0.256 e. The van der Waals surface area contributed by atoms with Gasteiger partial charge in [-0.2, -0.15) is 0 Å². The van der Waals surface area contributed by atoms with Crippen LogP contribution in [0.3, 0.4) is 0 Å². The van der Waals surface area contributed by atoms with E-state index in [2.05, 4.69) is 136 Å². The Morgan fingerprint density at radius 1 is 0.528 bits per heavy atom. The van der Waals surface area contributed by atoms with Gasteiger partial charge < -0.3 is 0 Å². The third-order valence-corrected chi connectivity index (χ3v) is 21.1. The Bertz CT molecular complexity index is 1010. The third-order valence-electron chi connectivity index (χ3n) is 8.54. The zero-order valence-electron chi connectivity index (χ0n) is 25.0. The molecule has 0 bridgehead atoms. The molecule has 3 heteroatoms. The standard InChI is InChI=1S/C33H49NSi2/c1-24(2)35(25(3)4,26(5)6)22-19-30-16-15-17-31(33(30)32-18-13-14-21-34-32)20-23-36(27(7)8,28(9)10)29(11)12/h13-18,21,24-29H,1-12H3. The molecule has 0 saturated carbocycles. The van der Waals surface area contributed by atoms with Gasteiger partial charge in [-0.05, 0) is 57.5 Å². The van der Waals surface area contributed by atoms with Crippen LogP contribution < -0.4 is 0 Å². The number of hydrogen-bond acceptors (Lipinski definition) is 1. The zero-order chi connectivity index (χ0) is 27.3.